The second-order valence-corrected chi connectivity index (χ2v) is 6.11. The van der Waals surface area contributed by atoms with Gasteiger partial charge in [0.2, 0.25) is 5.91 Å². The number of aromatic nitrogens is 4. The molecule has 2 atom stereocenters. The summed E-state index contributed by atoms with van der Waals surface area (Å²) in [5, 5.41) is 10.8. The van der Waals surface area contributed by atoms with Gasteiger partial charge in [-0.2, -0.15) is 5.10 Å². The third kappa shape index (κ3) is 3.95. The Hall–Kier alpha value is -2.22. The first kappa shape index (κ1) is 15.7. The van der Waals surface area contributed by atoms with Gasteiger partial charge in [-0.1, -0.05) is 5.16 Å². The van der Waals surface area contributed by atoms with Gasteiger partial charge in [0.1, 0.15) is 18.4 Å². The molecule has 124 valence electrons. The van der Waals surface area contributed by atoms with Crippen molar-refractivity contribution in [1.82, 2.24) is 24.8 Å². The number of carbonyl (C=O) groups excluding carboxylic acids is 1. The topological polar surface area (TPSA) is 89.1 Å². The Morgan fingerprint density at radius 2 is 2.43 bits per heavy atom. The Morgan fingerprint density at radius 3 is 3.13 bits per heavy atom. The first-order valence-electron chi connectivity index (χ1n) is 7.92. The van der Waals surface area contributed by atoms with Crippen LogP contribution in [0.15, 0.2) is 23.2 Å². The molecule has 1 aliphatic heterocycles. The van der Waals surface area contributed by atoms with Crippen molar-refractivity contribution < 1.29 is 9.32 Å². The number of anilines is 1. The summed E-state index contributed by atoms with van der Waals surface area (Å²) in [6, 6.07) is 1.51. The van der Waals surface area contributed by atoms with E-state index in [2.05, 4.69) is 25.5 Å². The summed E-state index contributed by atoms with van der Waals surface area (Å²) in [7, 11) is 0. The Morgan fingerprint density at radius 1 is 1.57 bits per heavy atom. The SMILES string of the molecule is Cc1cc(NC(=O)[C@H](C)N2CCC[C@H](Cn3cncn3)C2)no1. The molecule has 3 rings (SSSR count). The normalized spacial score (nSPS) is 20.3. The largest absolute Gasteiger partial charge is 0.360 e. The first-order valence-corrected chi connectivity index (χ1v) is 7.92. The fourth-order valence-electron chi connectivity index (χ4n) is 3.01. The minimum absolute atomic E-state index is 0.0558. The molecule has 0 saturated carbocycles. The van der Waals surface area contributed by atoms with Crippen LogP contribution in [0.2, 0.25) is 0 Å². The van der Waals surface area contributed by atoms with Crippen molar-refractivity contribution in [1.29, 1.82) is 0 Å². The van der Waals surface area contributed by atoms with Gasteiger partial charge in [0.15, 0.2) is 5.82 Å². The third-order valence-electron chi connectivity index (χ3n) is 4.27. The molecule has 0 spiro atoms. The molecule has 2 aromatic heterocycles. The van der Waals surface area contributed by atoms with Crippen molar-refractivity contribution in [2.75, 3.05) is 18.4 Å². The molecule has 8 heteroatoms. The van der Waals surface area contributed by atoms with Crippen molar-refractivity contribution in [3.8, 4) is 0 Å². The predicted molar refractivity (Wildman–Crippen MR) is 83.7 cm³/mol. The maximum Gasteiger partial charge on any atom is 0.242 e. The lowest BCUT2D eigenvalue weighted by Gasteiger charge is -2.35. The summed E-state index contributed by atoms with van der Waals surface area (Å²) >= 11 is 0. The lowest BCUT2D eigenvalue weighted by Crippen LogP contribution is -2.47. The number of carbonyl (C=O) groups is 1. The van der Waals surface area contributed by atoms with E-state index in [1.807, 2.05) is 11.6 Å². The van der Waals surface area contributed by atoms with Gasteiger partial charge in [0.25, 0.3) is 0 Å². The van der Waals surface area contributed by atoms with Crippen LogP contribution in [-0.4, -0.2) is 49.9 Å². The quantitative estimate of drug-likeness (QED) is 0.894. The highest BCUT2D eigenvalue weighted by Crippen LogP contribution is 2.20. The Kier molecular flexibility index (Phi) is 4.71. The monoisotopic (exact) mass is 318 g/mol. The smallest absolute Gasteiger partial charge is 0.242 e. The van der Waals surface area contributed by atoms with Crippen molar-refractivity contribution in [2.45, 2.75) is 39.3 Å². The zero-order chi connectivity index (χ0) is 16.2. The molecule has 0 radical (unpaired) electrons. The van der Waals surface area contributed by atoms with Crippen LogP contribution in [0, 0.1) is 12.8 Å². The molecule has 0 unspecified atom stereocenters. The van der Waals surface area contributed by atoms with Crippen LogP contribution in [0.3, 0.4) is 0 Å². The summed E-state index contributed by atoms with van der Waals surface area (Å²) in [5.74, 6) is 1.57. The number of amides is 1. The van der Waals surface area contributed by atoms with E-state index >= 15 is 0 Å². The lowest BCUT2D eigenvalue weighted by molar-refractivity contribution is -0.121. The molecule has 8 nitrogen and oxygen atoms in total. The zero-order valence-electron chi connectivity index (χ0n) is 13.5. The summed E-state index contributed by atoms with van der Waals surface area (Å²) in [6.45, 7) is 6.38. The molecule has 3 heterocycles. The van der Waals surface area contributed by atoms with Crippen LogP contribution in [0.5, 0.6) is 0 Å². The molecule has 2 aromatic rings. The standard InChI is InChI=1S/C15H22N6O2/c1-11-6-14(19-23-11)18-15(22)12(2)20-5-3-4-13(7-20)8-21-10-16-9-17-21/h6,9-10,12-13H,3-5,7-8H2,1-2H3,(H,18,19,22)/t12-,13-/m0/s1. The van der Waals surface area contributed by atoms with Crippen LogP contribution in [0.4, 0.5) is 5.82 Å². The summed E-state index contributed by atoms with van der Waals surface area (Å²) in [5.41, 5.74) is 0. The molecule has 1 N–H and O–H groups in total. The molecular formula is C15H22N6O2. The number of nitrogens with zero attached hydrogens (tertiary/aromatic N) is 5. The first-order chi connectivity index (χ1) is 11.1. The zero-order valence-corrected chi connectivity index (χ0v) is 13.5. The molecule has 1 aliphatic rings. The highest BCUT2D eigenvalue weighted by Gasteiger charge is 2.28. The molecule has 1 saturated heterocycles. The van der Waals surface area contributed by atoms with Gasteiger partial charge >= 0.3 is 0 Å². The summed E-state index contributed by atoms with van der Waals surface area (Å²) in [6.07, 6.45) is 5.52. The Bertz CT molecular complexity index is 638. The summed E-state index contributed by atoms with van der Waals surface area (Å²) < 4.78 is 6.83. The van der Waals surface area contributed by atoms with Crippen LogP contribution in [0.25, 0.3) is 0 Å². The Balaban J connectivity index is 1.55. The van der Waals surface area contributed by atoms with E-state index in [-0.39, 0.29) is 11.9 Å². The van der Waals surface area contributed by atoms with E-state index in [0.717, 1.165) is 32.5 Å². The minimum Gasteiger partial charge on any atom is -0.360 e. The molecular weight excluding hydrogens is 296 g/mol. The molecule has 0 aliphatic carbocycles. The second kappa shape index (κ2) is 6.91. The van der Waals surface area contributed by atoms with Crippen LogP contribution in [0.1, 0.15) is 25.5 Å². The van der Waals surface area contributed by atoms with Gasteiger partial charge in [0, 0.05) is 19.2 Å². The fraction of sp³-hybridized carbons (Fsp3) is 0.600. The molecule has 1 amide bonds. The highest BCUT2D eigenvalue weighted by molar-refractivity contribution is 5.93. The van der Waals surface area contributed by atoms with Gasteiger partial charge in [-0.05, 0) is 39.2 Å². The maximum absolute atomic E-state index is 12.4. The lowest BCUT2D eigenvalue weighted by atomic mass is 9.96. The number of rotatable bonds is 5. The third-order valence-corrected chi connectivity index (χ3v) is 4.27. The second-order valence-electron chi connectivity index (χ2n) is 6.11. The molecule has 0 bridgehead atoms. The van der Waals surface area contributed by atoms with Crippen molar-refractivity contribution in [2.24, 2.45) is 5.92 Å². The van der Waals surface area contributed by atoms with Gasteiger partial charge in [0.05, 0.1) is 6.04 Å². The molecule has 0 aromatic carbocycles. The van der Waals surface area contributed by atoms with Crippen molar-refractivity contribution in [3.63, 3.8) is 0 Å². The van der Waals surface area contributed by atoms with Crippen molar-refractivity contribution in [3.05, 3.63) is 24.5 Å². The minimum atomic E-state index is -0.203. The average Bonchev–Trinajstić information content (AvgIpc) is 3.18. The number of hydrogen-bond acceptors (Lipinski definition) is 6. The van der Waals surface area contributed by atoms with E-state index in [4.69, 9.17) is 4.52 Å². The number of aryl methyl sites for hydroxylation is 1. The maximum atomic E-state index is 12.4. The predicted octanol–water partition coefficient (Wildman–Crippen LogP) is 1.31. The van der Waals surface area contributed by atoms with E-state index in [1.165, 1.54) is 0 Å². The van der Waals surface area contributed by atoms with Gasteiger partial charge in [-0.3, -0.25) is 14.4 Å². The number of piperidine rings is 1. The van der Waals surface area contributed by atoms with Crippen LogP contribution < -0.4 is 5.32 Å². The van der Waals surface area contributed by atoms with E-state index in [0.29, 0.717) is 17.5 Å². The van der Waals surface area contributed by atoms with Crippen molar-refractivity contribution >= 4 is 11.7 Å². The van der Waals surface area contributed by atoms with Gasteiger partial charge in [-0.25, -0.2) is 4.98 Å². The average molecular weight is 318 g/mol. The fourth-order valence-corrected chi connectivity index (χ4v) is 3.01. The van der Waals surface area contributed by atoms with E-state index in [9.17, 15) is 4.79 Å². The molecule has 1 fully saturated rings. The Labute approximate surface area is 134 Å². The van der Waals surface area contributed by atoms with Crippen LogP contribution in [-0.2, 0) is 11.3 Å². The number of likely N-dealkylation sites (tertiary alicyclic amines) is 1. The van der Waals surface area contributed by atoms with Crippen LogP contribution >= 0.6 is 0 Å². The number of hydrogen-bond donors (Lipinski definition) is 1. The highest BCUT2D eigenvalue weighted by atomic mass is 16.5. The molecule has 23 heavy (non-hydrogen) atoms. The number of nitrogens with one attached hydrogen (secondary N) is 1. The van der Waals surface area contributed by atoms with E-state index in [1.54, 1.807) is 25.6 Å². The van der Waals surface area contributed by atoms with Gasteiger partial charge in [-0.15, -0.1) is 0 Å². The van der Waals surface area contributed by atoms with Gasteiger partial charge < -0.3 is 9.84 Å². The van der Waals surface area contributed by atoms with E-state index < -0.39 is 0 Å². The summed E-state index contributed by atoms with van der Waals surface area (Å²) in [4.78, 5) is 18.6.